The Bertz CT molecular complexity index is 1410. The third kappa shape index (κ3) is 4.79. The van der Waals surface area contributed by atoms with Crippen LogP contribution in [-0.4, -0.2) is 14.2 Å². The van der Waals surface area contributed by atoms with E-state index in [1.807, 2.05) is 31.2 Å². The molecule has 0 saturated heterocycles. The Morgan fingerprint density at radius 2 is 1.62 bits per heavy atom. The van der Waals surface area contributed by atoms with E-state index in [4.69, 9.17) is 16.3 Å². The van der Waals surface area contributed by atoms with Crippen molar-refractivity contribution >= 4 is 33.1 Å². The Morgan fingerprint density at radius 1 is 0.941 bits per heavy atom. The van der Waals surface area contributed by atoms with Crippen LogP contribution in [0.3, 0.4) is 0 Å². The van der Waals surface area contributed by atoms with Crippen molar-refractivity contribution in [2.75, 3.05) is 0 Å². The van der Waals surface area contributed by atoms with E-state index in [0.29, 0.717) is 33.1 Å². The maximum Gasteiger partial charge on any atom is 0.261 e. The Kier molecular flexibility index (Phi) is 6.64. The first-order valence-corrected chi connectivity index (χ1v) is 12.6. The topological polar surface area (TPSA) is 72.5 Å². The highest BCUT2D eigenvalue weighted by atomic mass is 35.5. The number of hydrogen-bond acceptors (Lipinski definition) is 4. The average Bonchev–Trinajstić information content (AvgIpc) is 3.15. The van der Waals surface area contributed by atoms with Crippen LogP contribution in [0, 0.1) is 6.92 Å². The van der Waals surface area contributed by atoms with Crippen molar-refractivity contribution in [1.82, 2.24) is 4.72 Å². The molecule has 1 aliphatic heterocycles. The van der Waals surface area contributed by atoms with Gasteiger partial charge in [0.1, 0.15) is 5.76 Å². The van der Waals surface area contributed by atoms with Crippen LogP contribution in [0.1, 0.15) is 36.6 Å². The summed E-state index contributed by atoms with van der Waals surface area (Å²) < 4.78 is 35.8. The molecule has 34 heavy (non-hydrogen) atoms. The third-order valence-corrected chi connectivity index (χ3v) is 7.18. The predicted molar refractivity (Wildman–Crippen MR) is 134 cm³/mol. The van der Waals surface area contributed by atoms with Crippen molar-refractivity contribution in [1.29, 1.82) is 0 Å². The highest BCUT2D eigenvalue weighted by Gasteiger charge is 2.37. The minimum Gasteiger partial charge on any atom is -0.485 e. The summed E-state index contributed by atoms with van der Waals surface area (Å²) in [6.45, 7) is 5.04. The number of ketones is 1. The van der Waals surface area contributed by atoms with Gasteiger partial charge in [-0.15, -0.1) is 0 Å². The summed E-state index contributed by atoms with van der Waals surface area (Å²) in [7, 11) is -3.97. The van der Waals surface area contributed by atoms with Gasteiger partial charge in [0.05, 0.1) is 16.2 Å². The second kappa shape index (κ2) is 9.49. The predicted octanol–water partition coefficient (Wildman–Crippen LogP) is 5.97. The zero-order chi connectivity index (χ0) is 24.5. The van der Waals surface area contributed by atoms with Crippen LogP contribution in [0.5, 0.6) is 0 Å². The number of sulfonamides is 1. The second-order valence-corrected chi connectivity index (χ2v) is 10.2. The van der Waals surface area contributed by atoms with Gasteiger partial charge >= 0.3 is 0 Å². The molecule has 3 aromatic carbocycles. The third-order valence-electron chi connectivity index (χ3n) is 5.58. The molecular formula is C27H24ClNO4S. The Balaban J connectivity index is 1.97. The minimum atomic E-state index is -3.97. The first kappa shape index (κ1) is 23.8. The molecule has 1 unspecified atom stereocenters. The first-order chi connectivity index (χ1) is 16.2. The second-order valence-electron chi connectivity index (χ2n) is 8.11. The van der Waals surface area contributed by atoms with Crippen molar-refractivity contribution in [2.45, 2.75) is 31.8 Å². The highest BCUT2D eigenvalue weighted by Crippen LogP contribution is 2.45. The van der Waals surface area contributed by atoms with Gasteiger partial charge < -0.3 is 4.74 Å². The molecule has 4 rings (SSSR count). The molecule has 3 aromatic rings. The number of Topliss-reactive ketones (excluding diaryl/α,β-unsaturated/α-hetero) is 1. The number of allylic oxidation sites excluding steroid dienone is 1. The number of benzene rings is 3. The zero-order valence-electron chi connectivity index (χ0n) is 19.0. The van der Waals surface area contributed by atoms with E-state index in [1.54, 1.807) is 61.5 Å². The number of aryl methyl sites for hydroxylation is 1. The van der Waals surface area contributed by atoms with Gasteiger partial charge in [-0.05, 0) is 56.2 Å². The van der Waals surface area contributed by atoms with Crippen molar-refractivity contribution in [3.8, 4) is 0 Å². The van der Waals surface area contributed by atoms with Gasteiger partial charge in [-0.25, -0.2) is 8.42 Å². The molecule has 0 bridgehead atoms. The van der Waals surface area contributed by atoms with Crippen LogP contribution in [0.2, 0.25) is 5.02 Å². The van der Waals surface area contributed by atoms with Crippen molar-refractivity contribution in [2.24, 2.45) is 0 Å². The molecule has 1 N–H and O–H groups in total. The van der Waals surface area contributed by atoms with Crippen LogP contribution in [0.15, 0.2) is 101 Å². The molecule has 174 valence electrons. The normalized spacial score (nSPS) is 17.4. The lowest BCUT2D eigenvalue weighted by molar-refractivity contribution is -0.113. The molecule has 0 fully saturated rings. The summed E-state index contributed by atoms with van der Waals surface area (Å²) in [5.41, 5.74) is 3.35. The van der Waals surface area contributed by atoms with Crippen molar-refractivity contribution < 1.29 is 17.9 Å². The maximum absolute atomic E-state index is 13.4. The van der Waals surface area contributed by atoms with Gasteiger partial charge in [-0.1, -0.05) is 71.8 Å². The van der Waals surface area contributed by atoms with Gasteiger partial charge in [-0.2, -0.15) is 0 Å². The standard InChI is InChI=1S/C27H24ClNO4S/c1-17-12-14-23(15-13-17)34(31,32)29-26(20-8-5-4-6-9-20)25-24(18(2)30)19(3)33-27(25)21-10-7-11-22(28)16-21/h4-16,27,29H,1-3H3/b26-25+. The Morgan fingerprint density at radius 3 is 2.24 bits per heavy atom. The van der Waals surface area contributed by atoms with Crippen LogP contribution in [0.4, 0.5) is 0 Å². The maximum atomic E-state index is 13.4. The molecule has 0 aromatic heterocycles. The molecule has 0 spiro atoms. The number of halogens is 1. The Labute approximate surface area is 204 Å². The molecule has 0 amide bonds. The highest BCUT2D eigenvalue weighted by molar-refractivity contribution is 7.89. The van der Waals surface area contributed by atoms with Crippen molar-refractivity contribution in [3.05, 3.63) is 117 Å². The average molecular weight is 494 g/mol. The Hall–Kier alpha value is -3.35. The molecule has 0 saturated carbocycles. The fourth-order valence-corrected chi connectivity index (χ4v) is 5.31. The van der Waals surface area contributed by atoms with E-state index < -0.39 is 16.1 Å². The lowest BCUT2D eigenvalue weighted by Gasteiger charge is -2.21. The molecular weight excluding hydrogens is 470 g/mol. The zero-order valence-corrected chi connectivity index (χ0v) is 20.6. The quantitative estimate of drug-likeness (QED) is 0.459. The molecule has 1 aliphatic rings. The monoisotopic (exact) mass is 493 g/mol. The van der Waals surface area contributed by atoms with Crippen LogP contribution < -0.4 is 4.72 Å². The number of rotatable bonds is 6. The van der Waals surface area contributed by atoms with Crippen molar-refractivity contribution in [3.63, 3.8) is 0 Å². The molecule has 5 nitrogen and oxygen atoms in total. The number of hydrogen-bond donors (Lipinski definition) is 1. The number of carbonyl (C=O) groups excluding carboxylic acids is 1. The summed E-state index contributed by atoms with van der Waals surface area (Å²) >= 11 is 6.24. The number of ether oxygens (including phenoxy) is 1. The summed E-state index contributed by atoms with van der Waals surface area (Å²) in [5.74, 6) is 0.204. The van der Waals surface area contributed by atoms with E-state index in [9.17, 15) is 13.2 Å². The summed E-state index contributed by atoms with van der Waals surface area (Å²) in [6.07, 6.45) is -0.714. The molecule has 7 heteroatoms. The minimum absolute atomic E-state index is 0.121. The van der Waals surface area contributed by atoms with Crippen LogP contribution >= 0.6 is 11.6 Å². The molecule has 1 heterocycles. The van der Waals surface area contributed by atoms with Gasteiger partial charge in [-0.3, -0.25) is 9.52 Å². The van der Waals surface area contributed by atoms with E-state index in [0.717, 1.165) is 5.56 Å². The van der Waals surface area contributed by atoms with Crippen LogP contribution in [-0.2, 0) is 19.6 Å². The lowest BCUT2D eigenvalue weighted by Crippen LogP contribution is -2.25. The van der Waals surface area contributed by atoms with E-state index in [2.05, 4.69) is 4.72 Å². The lowest BCUT2D eigenvalue weighted by atomic mass is 9.91. The summed E-state index contributed by atoms with van der Waals surface area (Å²) in [5, 5.41) is 0.510. The molecule has 0 radical (unpaired) electrons. The van der Waals surface area contributed by atoms with E-state index >= 15 is 0 Å². The fourth-order valence-electron chi connectivity index (χ4n) is 4.00. The van der Waals surface area contributed by atoms with E-state index in [1.165, 1.54) is 6.92 Å². The number of carbonyl (C=O) groups is 1. The summed E-state index contributed by atoms with van der Waals surface area (Å²) in [4.78, 5) is 12.9. The molecule has 1 atom stereocenters. The van der Waals surface area contributed by atoms with Gasteiger partial charge in [0.15, 0.2) is 11.9 Å². The first-order valence-electron chi connectivity index (χ1n) is 10.7. The van der Waals surface area contributed by atoms with Gasteiger partial charge in [0, 0.05) is 10.6 Å². The fraction of sp³-hybridized carbons (Fsp3) is 0.148. The van der Waals surface area contributed by atoms with Gasteiger partial charge in [0.25, 0.3) is 10.0 Å². The smallest absolute Gasteiger partial charge is 0.261 e. The van der Waals surface area contributed by atoms with Gasteiger partial charge in [0.2, 0.25) is 0 Å². The van der Waals surface area contributed by atoms with E-state index in [-0.39, 0.29) is 16.4 Å². The largest absolute Gasteiger partial charge is 0.485 e. The number of nitrogens with one attached hydrogen (secondary N) is 1. The SMILES string of the molecule is CC(=O)C1=C(C)OC(c2cccc(Cl)c2)/C1=C(/NS(=O)(=O)c1ccc(C)cc1)c1ccccc1. The molecule has 0 aliphatic carbocycles. The summed E-state index contributed by atoms with van der Waals surface area (Å²) in [6, 6.07) is 22.7. The van der Waals surface area contributed by atoms with Crippen LogP contribution in [0.25, 0.3) is 5.70 Å².